The quantitative estimate of drug-likeness (QED) is 0.222. The molecule has 2 N–H and O–H groups in total. The first-order chi connectivity index (χ1) is 20.0. The second kappa shape index (κ2) is 12.6. The first kappa shape index (κ1) is 31.7. The van der Waals surface area contributed by atoms with Gasteiger partial charge in [0, 0.05) is 18.1 Å². The summed E-state index contributed by atoms with van der Waals surface area (Å²) in [6.07, 6.45) is 4.55. The molecule has 0 amide bonds. The van der Waals surface area contributed by atoms with E-state index in [-0.39, 0.29) is 23.5 Å². The Bertz CT molecular complexity index is 1910. The van der Waals surface area contributed by atoms with Crippen LogP contribution < -0.4 is 9.97 Å². The number of carboxylic acid groups (broad SMARTS) is 2. The maximum absolute atomic E-state index is 11.5. The minimum atomic E-state index is -1.06. The number of carboxylic acids is 2. The van der Waals surface area contributed by atoms with Crippen molar-refractivity contribution in [1.29, 1.82) is 0 Å². The van der Waals surface area contributed by atoms with Gasteiger partial charge in [0.1, 0.15) is 0 Å². The van der Waals surface area contributed by atoms with Crippen LogP contribution in [0.3, 0.4) is 0 Å². The van der Waals surface area contributed by atoms with Crippen molar-refractivity contribution in [2.24, 2.45) is 0 Å². The minimum Gasteiger partial charge on any atom is -0.657 e. The van der Waals surface area contributed by atoms with Gasteiger partial charge >= 0.3 is 29.0 Å². The van der Waals surface area contributed by atoms with Gasteiger partial charge in [-0.1, -0.05) is 60.4 Å². The molecule has 2 aliphatic rings. The summed E-state index contributed by atoms with van der Waals surface area (Å²) in [6, 6.07) is 7.82. The summed E-state index contributed by atoms with van der Waals surface area (Å²) >= 11 is 0. The van der Waals surface area contributed by atoms with Crippen LogP contribution in [0.15, 0.2) is 36.4 Å². The SMILES string of the molecule is CCC1=C(C)c2cc3[n-]c(cc4nc(cc5[n-]c(cc1n2)c(CC)c5C)C(C)=C4/C=C/C(=O)O)c(CCC(=O)O)c3C.[Fe+2]. The second-order valence-corrected chi connectivity index (χ2v) is 10.7. The first-order valence-electron chi connectivity index (χ1n) is 14.2. The molecule has 3 aromatic heterocycles. The third kappa shape index (κ3) is 6.01. The number of hydrogen-bond donors (Lipinski definition) is 2. The van der Waals surface area contributed by atoms with Gasteiger partial charge in [0.05, 0.1) is 22.8 Å². The number of nitrogens with zero attached hydrogens (tertiary/aromatic N) is 4. The van der Waals surface area contributed by atoms with Gasteiger partial charge in [-0.3, -0.25) is 4.79 Å². The van der Waals surface area contributed by atoms with Gasteiger partial charge in [-0.25, -0.2) is 14.8 Å². The number of aliphatic carboxylic acids is 2. The van der Waals surface area contributed by atoms with Crippen LogP contribution in [0.4, 0.5) is 0 Å². The molecule has 0 aromatic carbocycles. The van der Waals surface area contributed by atoms with Gasteiger partial charge in [0.25, 0.3) is 0 Å². The molecule has 0 aliphatic carbocycles. The van der Waals surface area contributed by atoms with E-state index < -0.39 is 11.9 Å². The van der Waals surface area contributed by atoms with Gasteiger partial charge in [-0.2, -0.15) is 0 Å². The summed E-state index contributed by atoms with van der Waals surface area (Å²) in [5.74, 6) is -1.95. The number of hydrogen-bond acceptors (Lipinski definition) is 4. The molecule has 8 bridgehead atoms. The Hall–Kier alpha value is -4.20. The van der Waals surface area contributed by atoms with E-state index in [4.69, 9.17) is 19.9 Å². The zero-order valence-electron chi connectivity index (χ0n) is 25.1. The number of rotatable bonds is 7. The predicted molar refractivity (Wildman–Crippen MR) is 166 cm³/mol. The molecule has 0 fully saturated rings. The van der Waals surface area contributed by atoms with Crippen LogP contribution in [0.5, 0.6) is 0 Å². The Balaban J connectivity index is 0.00000423. The number of aryl methyl sites for hydroxylation is 4. The third-order valence-corrected chi connectivity index (χ3v) is 8.25. The summed E-state index contributed by atoms with van der Waals surface area (Å²) in [5.41, 5.74) is 13.7. The van der Waals surface area contributed by atoms with Crippen molar-refractivity contribution < 1.29 is 36.9 Å². The minimum absolute atomic E-state index is 0. The standard InChI is InChI=1S/C34H36N4O4.Fe/c1-7-21-17(3)25-13-27-19(5)23(9-11-33(39)40)31(37-27)16-32-24(10-12-34(41)42)20(6)28(38-32)14-26-18(4)22(8-2)30(36-26)15-29(21)35-25;/h9,11,13-16H,7-8,10,12H2,1-6H3,(H4,35,36,37,38,39,40,41,42);/q;+2/p-2/b11-9+,25-13?,26-14?,27-13?,28-14?,29-15?,30-15?,31-16?,32-16?;. The van der Waals surface area contributed by atoms with Crippen molar-refractivity contribution in [3.8, 4) is 0 Å². The van der Waals surface area contributed by atoms with Gasteiger partial charge in [0.15, 0.2) is 0 Å². The van der Waals surface area contributed by atoms with Crippen LogP contribution in [-0.4, -0.2) is 32.1 Å². The Morgan fingerprint density at radius 1 is 0.744 bits per heavy atom. The molecular weight excluding hydrogens is 584 g/mol. The van der Waals surface area contributed by atoms with Gasteiger partial charge < -0.3 is 20.2 Å². The van der Waals surface area contributed by atoms with E-state index in [1.807, 2.05) is 32.0 Å². The van der Waals surface area contributed by atoms with E-state index in [2.05, 4.69) is 33.8 Å². The second-order valence-electron chi connectivity index (χ2n) is 10.7. The third-order valence-electron chi connectivity index (χ3n) is 8.25. The van der Waals surface area contributed by atoms with Gasteiger partial charge in [-0.15, -0.1) is 22.1 Å². The summed E-state index contributed by atoms with van der Waals surface area (Å²) in [7, 11) is 0. The predicted octanol–water partition coefficient (Wildman–Crippen LogP) is 6.68. The van der Waals surface area contributed by atoms with Crippen LogP contribution >= 0.6 is 0 Å². The van der Waals surface area contributed by atoms with E-state index in [1.165, 1.54) is 0 Å². The molecule has 0 saturated heterocycles. The number of fused-ring (bicyclic) bond motifs is 8. The number of aromatic nitrogens is 4. The fraction of sp³-hybridized carbons (Fsp3) is 0.294. The molecule has 222 valence electrons. The van der Waals surface area contributed by atoms with Gasteiger partial charge in [0.2, 0.25) is 0 Å². The molecule has 0 spiro atoms. The average Bonchev–Trinajstić information content (AvgIpc) is 3.59. The molecule has 0 unspecified atom stereocenters. The Morgan fingerprint density at radius 3 is 1.86 bits per heavy atom. The van der Waals surface area contributed by atoms with E-state index in [9.17, 15) is 19.8 Å². The molecule has 5 heterocycles. The molecule has 9 heteroatoms. The zero-order chi connectivity index (χ0) is 30.3. The van der Waals surface area contributed by atoms with Crippen LogP contribution in [0.25, 0.3) is 44.4 Å². The molecule has 3 aromatic rings. The summed E-state index contributed by atoms with van der Waals surface area (Å²) < 4.78 is 0. The zero-order valence-corrected chi connectivity index (χ0v) is 26.3. The van der Waals surface area contributed by atoms with Crippen molar-refractivity contribution in [2.45, 2.75) is 67.2 Å². The van der Waals surface area contributed by atoms with Crippen molar-refractivity contribution in [2.75, 3.05) is 0 Å². The van der Waals surface area contributed by atoms with E-state index in [0.717, 1.165) is 85.8 Å². The maximum Gasteiger partial charge on any atom is 2.00 e. The average molecular weight is 619 g/mol. The Morgan fingerprint density at radius 2 is 1.28 bits per heavy atom. The number of allylic oxidation sites excluding steroid dienone is 5. The van der Waals surface area contributed by atoms with E-state index in [1.54, 1.807) is 6.08 Å². The summed E-state index contributed by atoms with van der Waals surface area (Å²) in [6.45, 7) is 12.2. The first-order valence-corrected chi connectivity index (χ1v) is 14.2. The molecule has 0 radical (unpaired) electrons. The molecule has 8 nitrogen and oxygen atoms in total. The maximum atomic E-state index is 11.5. The van der Waals surface area contributed by atoms with E-state index in [0.29, 0.717) is 28.9 Å². The van der Waals surface area contributed by atoms with Gasteiger partial charge in [-0.05, 0) is 69.8 Å². The van der Waals surface area contributed by atoms with Crippen LogP contribution in [0, 0.1) is 13.8 Å². The van der Waals surface area contributed by atoms with Crippen molar-refractivity contribution in [3.63, 3.8) is 0 Å². The van der Waals surface area contributed by atoms with Crippen molar-refractivity contribution in [1.82, 2.24) is 19.9 Å². The Kier molecular flexibility index (Phi) is 9.28. The van der Waals surface area contributed by atoms with Crippen LogP contribution in [-0.2, 0) is 39.5 Å². The largest absolute Gasteiger partial charge is 2.00 e. The molecule has 0 saturated carbocycles. The van der Waals surface area contributed by atoms with Crippen LogP contribution in [0.2, 0.25) is 0 Å². The van der Waals surface area contributed by atoms with Crippen molar-refractivity contribution >= 4 is 56.3 Å². The summed E-state index contributed by atoms with van der Waals surface area (Å²) in [5, 5.41) is 18.8. The fourth-order valence-electron chi connectivity index (χ4n) is 5.84. The normalized spacial score (nSPS) is 13.2. The molecule has 5 rings (SSSR count). The fourth-order valence-corrected chi connectivity index (χ4v) is 5.84. The summed E-state index contributed by atoms with van der Waals surface area (Å²) in [4.78, 5) is 42.9. The number of carbonyl (C=O) groups is 2. The van der Waals surface area contributed by atoms with Crippen molar-refractivity contribution in [3.05, 3.63) is 81.4 Å². The molecule has 43 heavy (non-hydrogen) atoms. The topological polar surface area (TPSA) is 129 Å². The molecular formula is C34H34FeN4O4. The monoisotopic (exact) mass is 618 g/mol. The van der Waals surface area contributed by atoms with Crippen LogP contribution in [0.1, 0.15) is 85.6 Å². The molecule has 0 atom stereocenters. The van der Waals surface area contributed by atoms with E-state index >= 15 is 0 Å². The Labute approximate surface area is 261 Å². The molecule has 2 aliphatic heterocycles. The smallest absolute Gasteiger partial charge is 0.657 e.